The van der Waals surface area contributed by atoms with Gasteiger partial charge in [-0.05, 0) is 31.4 Å². The summed E-state index contributed by atoms with van der Waals surface area (Å²) >= 11 is 0. The molecule has 0 bridgehead atoms. The minimum Gasteiger partial charge on any atom is -0.496 e. The SMILES string of the molecule is CCCN(C(=O)c1ccc(N)cc1OC)C1CC1. The largest absolute Gasteiger partial charge is 0.496 e. The summed E-state index contributed by atoms with van der Waals surface area (Å²) in [5, 5.41) is 0. The zero-order chi connectivity index (χ0) is 13.1. The molecule has 0 aliphatic heterocycles. The molecule has 4 nitrogen and oxygen atoms in total. The highest BCUT2D eigenvalue weighted by atomic mass is 16.5. The first-order valence-corrected chi connectivity index (χ1v) is 6.41. The number of nitrogens with two attached hydrogens (primary N) is 1. The van der Waals surface area contributed by atoms with Crippen LogP contribution in [0.5, 0.6) is 5.75 Å². The number of carbonyl (C=O) groups is 1. The predicted molar refractivity (Wildman–Crippen MR) is 71.8 cm³/mol. The van der Waals surface area contributed by atoms with Gasteiger partial charge in [-0.2, -0.15) is 0 Å². The Labute approximate surface area is 108 Å². The van der Waals surface area contributed by atoms with Crippen molar-refractivity contribution in [2.75, 3.05) is 19.4 Å². The van der Waals surface area contributed by atoms with Gasteiger partial charge in [0.1, 0.15) is 5.75 Å². The third-order valence-corrected chi connectivity index (χ3v) is 3.17. The number of nitrogen functional groups attached to an aromatic ring is 1. The van der Waals surface area contributed by atoms with Crippen LogP contribution in [0, 0.1) is 0 Å². The summed E-state index contributed by atoms with van der Waals surface area (Å²) < 4.78 is 5.25. The molecule has 2 rings (SSSR count). The summed E-state index contributed by atoms with van der Waals surface area (Å²) in [7, 11) is 1.56. The van der Waals surface area contributed by atoms with Crippen LogP contribution in [0.2, 0.25) is 0 Å². The molecule has 0 heterocycles. The molecule has 98 valence electrons. The van der Waals surface area contributed by atoms with Crippen molar-refractivity contribution in [1.82, 2.24) is 4.90 Å². The molecule has 4 heteroatoms. The van der Waals surface area contributed by atoms with Crippen LogP contribution in [0.15, 0.2) is 18.2 Å². The molecule has 1 saturated carbocycles. The molecule has 1 amide bonds. The van der Waals surface area contributed by atoms with Crippen LogP contribution < -0.4 is 10.5 Å². The number of benzene rings is 1. The molecule has 0 unspecified atom stereocenters. The van der Waals surface area contributed by atoms with Crippen molar-refractivity contribution in [1.29, 1.82) is 0 Å². The van der Waals surface area contributed by atoms with E-state index in [1.165, 1.54) is 0 Å². The fraction of sp³-hybridized carbons (Fsp3) is 0.500. The van der Waals surface area contributed by atoms with Gasteiger partial charge in [0.15, 0.2) is 0 Å². The average molecular weight is 248 g/mol. The second-order valence-corrected chi connectivity index (χ2v) is 4.69. The van der Waals surface area contributed by atoms with Crippen LogP contribution >= 0.6 is 0 Å². The Bertz CT molecular complexity index is 441. The standard InChI is InChI=1S/C14H20N2O2/c1-3-8-16(11-5-6-11)14(17)12-7-4-10(15)9-13(12)18-2/h4,7,9,11H,3,5-6,8,15H2,1-2H3. The number of carbonyl (C=O) groups excluding carboxylic acids is 1. The number of rotatable bonds is 5. The molecular weight excluding hydrogens is 228 g/mol. The number of ether oxygens (including phenoxy) is 1. The van der Waals surface area contributed by atoms with Gasteiger partial charge in [-0.3, -0.25) is 4.79 Å². The Morgan fingerprint density at radius 3 is 2.78 bits per heavy atom. The van der Waals surface area contributed by atoms with E-state index in [1.807, 2.05) is 4.90 Å². The molecule has 1 aliphatic carbocycles. The topological polar surface area (TPSA) is 55.6 Å². The lowest BCUT2D eigenvalue weighted by Gasteiger charge is -2.22. The molecular formula is C14H20N2O2. The van der Waals surface area contributed by atoms with Crippen molar-refractivity contribution in [3.05, 3.63) is 23.8 Å². The van der Waals surface area contributed by atoms with Crippen LogP contribution in [-0.2, 0) is 0 Å². The number of methoxy groups -OCH3 is 1. The van der Waals surface area contributed by atoms with Gasteiger partial charge in [0.25, 0.3) is 5.91 Å². The first-order valence-electron chi connectivity index (χ1n) is 6.41. The molecule has 1 fully saturated rings. The highest BCUT2D eigenvalue weighted by molar-refractivity contribution is 5.97. The molecule has 1 aliphatic rings. The smallest absolute Gasteiger partial charge is 0.257 e. The monoisotopic (exact) mass is 248 g/mol. The van der Waals surface area contributed by atoms with Crippen LogP contribution in [0.25, 0.3) is 0 Å². The first-order chi connectivity index (χ1) is 8.67. The summed E-state index contributed by atoms with van der Waals surface area (Å²) in [6.45, 7) is 2.89. The van der Waals surface area contributed by atoms with E-state index in [-0.39, 0.29) is 5.91 Å². The molecule has 0 spiro atoms. The molecule has 2 N–H and O–H groups in total. The maximum Gasteiger partial charge on any atom is 0.257 e. The van der Waals surface area contributed by atoms with Crippen LogP contribution in [-0.4, -0.2) is 30.5 Å². The third kappa shape index (κ3) is 2.58. The van der Waals surface area contributed by atoms with Crippen molar-refractivity contribution in [2.24, 2.45) is 0 Å². The highest BCUT2D eigenvalue weighted by Crippen LogP contribution is 2.31. The van der Waals surface area contributed by atoms with E-state index in [9.17, 15) is 4.79 Å². The van der Waals surface area contributed by atoms with Gasteiger partial charge in [-0.15, -0.1) is 0 Å². The molecule has 1 aromatic rings. The van der Waals surface area contributed by atoms with Crippen LogP contribution in [0.4, 0.5) is 5.69 Å². The third-order valence-electron chi connectivity index (χ3n) is 3.17. The van der Waals surface area contributed by atoms with Crippen LogP contribution in [0.3, 0.4) is 0 Å². The van der Waals surface area contributed by atoms with Crippen molar-refractivity contribution < 1.29 is 9.53 Å². The number of hydrogen-bond donors (Lipinski definition) is 1. The second-order valence-electron chi connectivity index (χ2n) is 4.69. The van der Waals surface area contributed by atoms with Gasteiger partial charge in [0.05, 0.1) is 12.7 Å². The lowest BCUT2D eigenvalue weighted by molar-refractivity contribution is 0.0740. The van der Waals surface area contributed by atoms with Crippen molar-refractivity contribution >= 4 is 11.6 Å². The fourth-order valence-electron chi connectivity index (χ4n) is 2.12. The van der Waals surface area contributed by atoms with Gasteiger partial charge in [0.2, 0.25) is 0 Å². The van der Waals surface area contributed by atoms with Gasteiger partial charge >= 0.3 is 0 Å². The minimum absolute atomic E-state index is 0.0520. The van der Waals surface area contributed by atoms with Crippen molar-refractivity contribution in [3.8, 4) is 5.75 Å². The van der Waals surface area contributed by atoms with Gasteiger partial charge in [-0.1, -0.05) is 6.92 Å². The zero-order valence-electron chi connectivity index (χ0n) is 11.0. The van der Waals surface area contributed by atoms with Gasteiger partial charge in [0, 0.05) is 24.3 Å². The van der Waals surface area contributed by atoms with Crippen molar-refractivity contribution in [3.63, 3.8) is 0 Å². The Balaban J connectivity index is 2.26. The molecule has 0 atom stereocenters. The molecule has 0 aromatic heterocycles. The number of amides is 1. The highest BCUT2D eigenvalue weighted by Gasteiger charge is 2.33. The van der Waals surface area contributed by atoms with E-state index in [2.05, 4.69) is 6.92 Å². The lowest BCUT2D eigenvalue weighted by Crippen LogP contribution is -2.34. The maximum absolute atomic E-state index is 12.5. The van der Waals surface area contributed by atoms with E-state index < -0.39 is 0 Å². The normalized spacial score (nSPS) is 14.3. The second kappa shape index (κ2) is 5.29. The lowest BCUT2D eigenvalue weighted by atomic mass is 10.1. The Kier molecular flexibility index (Phi) is 3.75. The van der Waals surface area contributed by atoms with E-state index in [1.54, 1.807) is 25.3 Å². The number of anilines is 1. The maximum atomic E-state index is 12.5. The van der Waals surface area contributed by atoms with E-state index >= 15 is 0 Å². The van der Waals surface area contributed by atoms with E-state index in [4.69, 9.17) is 10.5 Å². The summed E-state index contributed by atoms with van der Waals surface area (Å²) in [5.41, 5.74) is 6.92. The number of hydrogen-bond acceptors (Lipinski definition) is 3. The van der Waals surface area contributed by atoms with Gasteiger partial charge in [-0.25, -0.2) is 0 Å². The molecule has 0 radical (unpaired) electrons. The quantitative estimate of drug-likeness (QED) is 0.813. The average Bonchev–Trinajstić information content (AvgIpc) is 3.19. The first kappa shape index (κ1) is 12.7. The fourth-order valence-corrected chi connectivity index (χ4v) is 2.12. The zero-order valence-corrected chi connectivity index (χ0v) is 11.0. The summed E-state index contributed by atoms with van der Waals surface area (Å²) in [4.78, 5) is 14.5. The Morgan fingerprint density at radius 2 is 2.22 bits per heavy atom. The summed E-state index contributed by atoms with van der Waals surface area (Å²) in [6.07, 6.45) is 3.20. The van der Waals surface area contributed by atoms with Gasteiger partial charge < -0.3 is 15.4 Å². The molecule has 18 heavy (non-hydrogen) atoms. The van der Waals surface area contributed by atoms with E-state index in [0.29, 0.717) is 23.0 Å². The molecule has 1 aromatic carbocycles. The Morgan fingerprint density at radius 1 is 1.50 bits per heavy atom. The summed E-state index contributed by atoms with van der Waals surface area (Å²) in [5.74, 6) is 0.609. The summed E-state index contributed by atoms with van der Waals surface area (Å²) in [6, 6.07) is 5.61. The van der Waals surface area contributed by atoms with Crippen LogP contribution in [0.1, 0.15) is 36.5 Å². The minimum atomic E-state index is 0.0520. The van der Waals surface area contributed by atoms with Crippen molar-refractivity contribution in [2.45, 2.75) is 32.2 Å². The Hall–Kier alpha value is -1.71. The molecule has 0 saturated heterocycles. The van der Waals surface area contributed by atoms with E-state index in [0.717, 1.165) is 25.8 Å². The number of nitrogens with zero attached hydrogens (tertiary/aromatic N) is 1. The predicted octanol–water partition coefficient (Wildman–Crippen LogP) is 2.29.